The van der Waals surface area contributed by atoms with Crippen molar-refractivity contribution < 1.29 is 37.1 Å². The molecule has 0 radical (unpaired) electrons. The van der Waals surface area contributed by atoms with Crippen LogP contribution in [0.3, 0.4) is 0 Å². The highest BCUT2D eigenvalue weighted by Crippen LogP contribution is 2.32. The quantitative estimate of drug-likeness (QED) is 0.497. The lowest BCUT2D eigenvalue weighted by atomic mass is 10.1. The Bertz CT molecular complexity index is 1090. The van der Waals surface area contributed by atoms with E-state index in [9.17, 15) is 18.4 Å². The van der Waals surface area contributed by atoms with E-state index < -0.39 is 12.6 Å². The van der Waals surface area contributed by atoms with Crippen LogP contribution in [0.2, 0.25) is 0 Å². The fourth-order valence-corrected chi connectivity index (χ4v) is 2.63. The summed E-state index contributed by atoms with van der Waals surface area (Å²) < 4.78 is 44.6. The molecule has 3 aromatic rings. The Labute approximate surface area is 181 Å². The zero-order valence-electron chi connectivity index (χ0n) is 17.1. The van der Waals surface area contributed by atoms with E-state index in [-0.39, 0.29) is 35.7 Å². The molecule has 0 saturated heterocycles. The summed E-state index contributed by atoms with van der Waals surface area (Å²) in [5.41, 5.74) is 1.58. The summed E-state index contributed by atoms with van der Waals surface area (Å²) in [6.45, 7) is -1.48. The van der Waals surface area contributed by atoms with E-state index in [1.807, 2.05) is 0 Å². The number of esters is 1. The van der Waals surface area contributed by atoms with Crippen molar-refractivity contribution in [1.82, 2.24) is 15.5 Å². The van der Waals surface area contributed by atoms with Gasteiger partial charge in [-0.25, -0.2) is 4.79 Å². The number of nitrogens with zero attached hydrogens (tertiary/aromatic N) is 2. The smallest absolute Gasteiger partial charge is 0.387 e. The number of carbonyl (C=O) groups excluding carboxylic acids is 2. The molecule has 9 nitrogen and oxygen atoms in total. The lowest BCUT2D eigenvalue weighted by molar-refractivity contribution is -0.119. The number of benzene rings is 2. The zero-order valence-corrected chi connectivity index (χ0v) is 17.1. The number of alkyl halides is 2. The SMILES string of the molecule is COc1cc(-c2noc(COC(=O)c3ccc(CNC(C)=O)cc3)n2)ccc1OC(F)F. The van der Waals surface area contributed by atoms with Gasteiger partial charge in [-0.1, -0.05) is 17.3 Å². The molecule has 0 bridgehead atoms. The van der Waals surface area contributed by atoms with Crippen LogP contribution in [0.15, 0.2) is 47.0 Å². The van der Waals surface area contributed by atoms with E-state index in [4.69, 9.17) is 14.0 Å². The van der Waals surface area contributed by atoms with Crippen LogP contribution in [0.4, 0.5) is 8.78 Å². The van der Waals surface area contributed by atoms with Gasteiger partial charge in [-0.3, -0.25) is 4.79 Å². The summed E-state index contributed by atoms with van der Waals surface area (Å²) in [6, 6.07) is 10.7. The second-order valence-electron chi connectivity index (χ2n) is 6.44. The average molecular weight is 447 g/mol. The Balaban J connectivity index is 1.60. The number of nitrogens with one attached hydrogen (secondary N) is 1. The van der Waals surface area contributed by atoms with Gasteiger partial charge >= 0.3 is 12.6 Å². The van der Waals surface area contributed by atoms with Gasteiger partial charge in [0.05, 0.1) is 12.7 Å². The minimum absolute atomic E-state index is 0.0440. The van der Waals surface area contributed by atoms with Gasteiger partial charge in [-0.15, -0.1) is 0 Å². The van der Waals surface area contributed by atoms with E-state index in [0.717, 1.165) is 5.56 Å². The summed E-state index contributed by atoms with van der Waals surface area (Å²) in [5.74, 6) is -0.605. The molecule has 32 heavy (non-hydrogen) atoms. The maximum atomic E-state index is 12.4. The molecule has 1 heterocycles. The van der Waals surface area contributed by atoms with Crippen molar-refractivity contribution in [3.63, 3.8) is 0 Å². The van der Waals surface area contributed by atoms with Crippen LogP contribution in [0.25, 0.3) is 11.4 Å². The first kappa shape index (κ1) is 22.7. The molecule has 0 fully saturated rings. The van der Waals surface area contributed by atoms with E-state index in [2.05, 4.69) is 20.2 Å². The third-order valence-corrected chi connectivity index (χ3v) is 4.16. The fourth-order valence-electron chi connectivity index (χ4n) is 2.63. The highest BCUT2D eigenvalue weighted by atomic mass is 19.3. The third-order valence-electron chi connectivity index (χ3n) is 4.16. The zero-order chi connectivity index (χ0) is 23.1. The molecule has 3 rings (SSSR count). The van der Waals surface area contributed by atoms with Crippen molar-refractivity contribution in [2.24, 2.45) is 0 Å². The Morgan fingerprint density at radius 3 is 2.53 bits per heavy atom. The first-order valence-electron chi connectivity index (χ1n) is 9.32. The van der Waals surface area contributed by atoms with Gasteiger partial charge in [-0.05, 0) is 35.9 Å². The number of aromatic nitrogens is 2. The topological polar surface area (TPSA) is 113 Å². The predicted octanol–water partition coefficient (Wildman–Crippen LogP) is 3.34. The largest absolute Gasteiger partial charge is 0.493 e. The second-order valence-corrected chi connectivity index (χ2v) is 6.44. The van der Waals surface area contributed by atoms with Crippen molar-refractivity contribution in [3.05, 3.63) is 59.5 Å². The van der Waals surface area contributed by atoms with Crippen molar-refractivity contribution in [1.29, 1.82) is 0 Å². The number of ether oxygens (including phenoxy) is 3. The molecule has 11 heteroatoms. The second kappa shape index (κ2) is 10.3. The Hall–Kier alpha value is -4.02. The van der Waals surface area contributed by atoms with Crippen molar-refractivity contribution in [3.8, 4) is 22.9 Å². The van der Waals surface area contributed by atoms with Crippen LogP contribution in [0, 0.1) is 0 Å². The van der Waals surface area contributed by atoms with Gasteiger partial charge in [-0.2, -0.15) is 13.8 Å². The Kier molecular flexibility index (Phi) is 7.32. The van der Waals surface area contributed by atoms with Crippen LogP contribution in [0.1, 0.15) is 28.7 Å². The van der Waals surface area contributed by atoms with Crippen molar-refractivity contribution in [2.45, 2.75) is 26.7 Å². The highest BCUT2D eigenvalue weighted by Gasteiger charge is 2.16. The van der Waals surface area contributed by atoms with Crippen molar-refractivity contribution in [2.75, 3.05) is 7.11 Å². The summed E-state index contributed by atoms with van der Waals surface area (Å²) in [7, 11) is 1.31. The maximum absolute atomic E-state index is 12.4. The molecular weight excluding hydrogens is 428 g/mol. The molecular formula is C21H19F2N3O6. The van der Waals surface area contributed by atoms with E-state index >= 15 is 0 Å². The Morgan fingerprint density at radius 1 is 1.12 bits per heavy atom. The van der Waals surface area contributed by atoms with Gasteiger partial charge in [0.2, 0.25) is 11.7 Å². The van der Waals surface area contributed by atoms with Gasteiger partial charge in [0.15, 0.2) is 18.1 Å². The third kappa shape index (κ3) is 6.00. The molecule has 0 unspecified atom stereocenters. The molecule has 2 aromatic carbocycles. The molecule has 1 N–H and O–H groups in total. The summed E-state index contributed by atoms with van der Waals surface area (Å²) in [6.07, 6.45) is 0. The number of hydrogen-bond acceptors (Lipinski definition) is 8. The summed E-state index contributed by atoms with van der Waals surface area (Å²) in [5, 5.41) is 6.45. The lowest BCUT2D eigenvalue weighted by Gasteiger charge is -2.10. The summed E-state index contributed by atoms with van der Waals surface area (Å²) in [4.78, 5) is 27.3. The fraction of sp³-hybridized carbons (Fsp3) is 0.238. The Morgan fingerprint density at radius 2 is 1.88 bits per heavy atom. The normalized spacial score (nSPS) is 10.7. The number of amides is 1. The minimum atomic E-state index is -2.99. The minimum Gasteiger partial charge on any atom is -0.493 e. The molecule has 0 aliphatic heterocycles. The number of rotatable bonds is 9. The molecule has 0 saturated carbocycles. The number of halogens is 2. The van der Waals surface area contributed by atoms with E-state index in [1.54, 1.807) is 24.3 Å². The first-order chi connectivity index (χ1) is 15.4. The first-order valence-corrected chi connectivity index (χ1v) is 9.32. The van der Waals surface area contributed by atoms with Gasteiger partial charge in [0, 0.05) is 19.0 Å². The average Bonchev–Trinajstić information content (AvgIpc) is 3.25. The maximum Gasteiger partial charge on any atom is 0.387 e. The van der Waals surface area contributed by atoms with Crippen LogP contribution in [-0.2, 0) is 22.7 Å². The molecule has 0 atom stereocenters. The highest BCUT2D eigenvalue weighted by molar-refractivity contribution is 5.89. The standard InChI is InChI=1S/C21H19F2N3O6/c1-12(27)24-10-13-3-5-14(6-4-13)20(28)30-11-18-25-19(26-32-18)15-7-8-16(31-21(22)23)17(9-15)29-2/h3-9,21H,10-11H2,1-2H3,(H,24,27). The van der Waals surface area contributed by atoms with Gasteiger partial charge in [0.25, 0.3) is 5.89 Å². The molecule has 168 valence electrons. The van der Waals surface area contributed by atoms with Gasteiger partial charge in [0.1, 0.15) is 0 Å². The van der Waals surface area contributed by atoms with Crippen LogP contribution < -0.4 is 14.8 Å². The number of methoxy groups -OCH3 is 1. The molecule has 0 aliphatic carbocycles. The molecule has 1 aromatic heterocycles. The van der Waals surface area contributed by atoms with Crippen LogP contribution in [0.5, 0.6) is 11.5 Å². The summed E-state index contributed by atoms with van der Waals surface area (Å²) >= 11 is 0. The van der Waals surface area contributed by atoms with Crippen LogP contribution in [-0.4, -0.2) is 35.7 Å². The predicted molar refractivity (Wildman–Crippen MR) is 106 cm³/mol. The lowest BCUT2D eigenvalue weighted by Crippen LogP contribution is -2.18. The molecule has 0 aliphatic rings. The van der Waals surface area contributed by atoms with Crippen LogP contribution >= 0.6 is 0 Å². The van der Waals surface area contributed by atoms with Crippen molar-refractivity contribution >= 4 is 11.9 Å². The monoisotopic (exact) mass is 447 g/mol. The van der Waals surface area contributed by atoms with Gasteiger partial charge < -0.3 is 24.1 Å². The molecule has 0 spiro atoms. The number of carbonyl (C=O) groups is 2. The van der Waals surface area contributed by atoms with E-state index in [1.165, 1.54) is 32.2 Å². The van der Waals surface area contributed by atoms with E-state index in [0.29, 0.717) is 17.7 Å². The number of hydrogen-bond donors (Lipinski definition) is 1. The molecule has 1 amide bonds.